The van der Waals surface area contributed by atoms with Crippen LogP contribution in [0.3, 0.4) is 0 Å². The molecule has 0 amide bonds. The highest BCUT2D eigenvalue weighted by molar-refractivity contribution is 7.25. The number of benzene rings is 10. The van der Waals surface area contributed by atoms with E-state index in [1.807, 2.05) is 11.3 Å². The van der Waals surface area contributed by atoms with Crippen molar-refractivity contribution in [2.45, 2.75) is 0 Å². The monoisotopic (exact) mass is 703 g/mol. The summed E-state index contributed by atoms with van der Waals surface area (Å²) in [4.78, 5) is 2.39. The Morgan fingerprint density at radius 1 is 0.259 bits per heavy atom. The molecule has 0 bridgehead atoms. The van der Waals surface area contributed by atoms with Crippen LogP contribution in [0.15, 0.2) is 200 Å². The van der Waals surface area contributed by atoms with Gasteiger partial charge >= 0.3 is 0 Å². The fourth-order valence-corrected chi connectivity index (χ4v) is 9.41. The van der Waals surface area contributed by atoms with E-state index in [1.165, 1.54) is 85.5 Å². The summed E-state index contributed by atoms with van der Waals surface area (Å²) in [6, 6.07) is 73.6. The van der Waals surface area contributed by atoms with Gasteiger partial charge in [0, 0.05) is 37.2 Å². The fourth-order valence-electron chi connectivity index (χ4n) is 8.27. The van der Waals surface area contributed by atoms with Gasteiger partial charge in [0.1, 0.15) is 0 Å². The highest BCUT2D eigenvalue weighted by Gasteiger charge is 2.16. The minimum atomic E-state index is 1.11. The first-order valence-electron chi connectivity index (χ1n) is 18.5. The molecule has 1 nitrogen and oxygen atoms in total. The number of hydrogen-bond donors (Lipinski definition) is 0. The first-order valence-corrected chi connectivity index (χ1v) is 19.3. The maximum atomic E-state index is 2.39. The van der Waals surface area contributed by atoms with E-state index in [4.69, 9.17) is 0 Å². The first kappa shape index (κ1) is 30.8. The van der Waals surface area contributed by atoms with Gasteiger partial charge in [0.15, 0.2) is 0 Å². The summed E-state index contributed by atoms with van der Waals surface area (Å²) in [7, 11) is 0. The van der Waals surface area contributed by atoms with Gasteiger partial charge in [-0.15, -0.1) is 11.3 Å². The molecule has 10 aromatic carbocycles. The number of hydrogen-bond acceptors (Lipinski definition) is 2. The molecule has 0 N–H and O–H groups in total. The van der Waals surface area contributed by atoms with E-state index < -0.39 is 0 Å². The van der Waals surface area contributed by atoms with E-state index in [1.54, 1.807) is 0 Å². The van der Waals surface area contributed by atoms with E-state index in [2.05, 4.69) is 205 Å². The summed E-state index contributed by atoms with van der Waals surface area (Å²) in [5.41, 5.74) is 8.22. The van der Waals surface area contributed by atoms with E-state index in [0.29, 0.717) is 0 Å². The molecule has 0 aliphatic heterocycles. The van der Waals surface area contributed by atoms with Crippen molar-refractivity contribution in [1.82, 2.24) is 0 Å². The van der Waals surface area contributed by atoms with Gasteiger partial charge in [0.2, 0.25) is 0 Å². The zero-order chi connectivity index (χ0) is 35.6. The Hall–Kier alpha value is -6.74. The number of anilines is 3. The van der Waals surface area contributed by atoms with Gasteiger partial charge in [0.05, 0.1) is 0 Å². The Labute approximate surface area is 317 Å². The lowest BCUT2D eigenvalue weighted by atomic mass is 9.97. The van der Waals surface area contributed by atoms with Crippen LogP contribution in [0.2, 0.25) is 0 Å². The second-order valence-electron chi connectivity index (χ2n) is 14.2. The zero-order valence-electron chi connectivity index (χ0n) is 29.4. The van der Waals surface area contributed by atoms with E-state index in [0.717, 1.165) is 17.1 Å². The van der Waals surface area contributed by atoms with Crippen molar-refractivity contribution in [3.05, 3.63) is 200 Å². The molecule has 0 fully saturated rings. The van der Waals surface area contributed by atoms with Crippen molar-refractivity contribution in [3.63, 3.8) is 0 Å². The minimum absolute atomic E-state index is 1.11. The minimum Gasteiger partial charge on any atom is -0.310 e. The lowest BCUT2D eigenvalue weighted by molar-refractivity contribution is 1.29. The van der Waals surface area contributed by atoms with Crippen molar-refractivity contribution in [2.24, 2.45) is 0 Å². The van der Waals surface area contributed by atoms with E-state index in [9.17, 15) is 0 Å². The Bertz CT molecular complexity index is 3210. The molecule has 1 heterocycles. The molecule has 0 radical (unpaired) electrons. The Morgan fingerprint density at radius 2 is 0.685 bits per heavy atom. The predicted molar refractivity (Wildman–Crippen MR) is 235 cm³/mol. The molecular formula is C52H33NS. The maximum absolute atomic E-state index is 2.39. The average Bonchev–Trinajstić information content (AvgIpc) is 3.62. The normalized spacial score (nSPS) is 11.7. The molecule has 1 aromatic heterocycles. The summed E-state index contributed by atoms with van der Waals surface area (Å²) in [6.07, 6.45) is 0. The van der Waals surface area contributed by atoms with Gasteiger partial charge in [0.25, 0.3) is 0 Å². The standard InChI is InChI=1S/C52H33NS/c1-3-9-45-36(7-1)13-15-38-17-18-40(31-49(38)45)34-19-25-42(26-20-34)53(44-29-23-39-16-14-37-8-2-4-10-46(37)50(39)33-44)43-27-21-35(22-28-43)41-24-30-48-47-11-5-6-12-51(47)54-52(48)32-41/h1-33H. The van der Waals surface area contributed by atoms with Crippen molar-refractivity contribution < 1.29 is 0 Å². The zero-order valence-corrected chi connectivity index (χ0v) is 30.2. The van der Waals surface area contributed by atoms with Crippen molar-refractivity contribution in [2.75, 3.05) is 4.90 Å². The van der Waals surface area contributed by atoms with Crippen LogP contribution < -0.4 is 4.90 Å². The van der Waals surface area contributed by atoms with Crippen LogP contribution in [-0.2, 0) is 0 Å². The number of nitrogens with zero attached hydrogens (tertiary/aromatic N) is 1. The summed E-state index contributed by atoms with van der Waals surface area (Å²) in [5, 5.41) is 12.8. The predicted octanol–water partition coefficient (Wildman–Crippen LogP) is 15.5. The third-order valence-corrected chi connectivity index (χ3v) is 12.2. The molecule has 252 valence electrons. The van der Waals surface area contributed by atoms with Crippen molar-refractivity contribution in [1.29, 1.82) is 0 Å². The van der Waals surface area contributed by atoms with Gasteiger partial charge in [-0.3, -0.25) is 0 Å². The van der Waals surface area contributed by atoms with Gasteiger partial charge in [-0.05, 0) is 120 Å². The maximum Gasteiger partial charge on any atom is 0.0468 e. The Balaban J connectivity index is 1.01. The number of thiophene rings is 1. The summed E-state index contributed by atoms with van der Waals surface area (Å²) in [6.45, 7) is 0. The number of fused-ring (bicyclic) bond motifs is 9. The van der Waals surface area contributed by atoms with Crippen LogP contribution in [-0.4, -0.2) is 0 Å². The van der Waals surface area contributed by atoms with E-state index in [-0.39, 0.29) is 0 Å². The molecule has 0 aliphatic rings. The van der Waals surface area contributed by atoms with Gasteiger partial charge in [-0.1, -0.05) is 146 Å². The van der Waals surface area contributed by atoms with Gasteiger partial charge < -0.3 is 4.90 Å². The third-order valence-electron chi connectivity index (χ3n) is 11.0. The number of rotatable bonds is 5. The highest BCUT2D eigenvalue weighted by Crippen LogP contribution is 2.41. The molecular weight excluding hydrogens is 671 g/mol. The molecule has 0 saturated carbocycles. The first-order chi connectivity index (χ1) is 26.7. The topological polar surface area (TPSA) is 3.24 Å². The molecule has 2 heteroatoms. The SMILES string of the molecule is c1ccc2c(c1)ccc1ccc(-c3ccc(N(c4ccc(-c5ccc6c(c5)sc5ccccc56)cc4)c4ccc5ccc6ccccc6c5c4)cc3)cc12. The summed E-state index contributed by atoms with van der Waals surface area (Å²) in [5.74, 6) is 0. The third kappa shape index (κ3) is 5.15. The fraction of sp³-hybridized carbons (Fsp3) is 0. The summed E-state index contributed by atoms with van der Waals surface area (Å²) < 4.78 is 2.65. The van der Waals surface area contributed by atoms with Crippen LogP contribution in [0.1, 0.15) is 0 Å². The second-order valence-corrected chi connectivity index (χ2v) is 15.2. The molecule has 0 atom stereocenters. The van der Waals surface area contributed by atoms with Crippen molar-refractivity contribution >= 4 is 91.7 Å². The van der Waals surface area contributed by atoms with Crippen molar-refractivity contribution in [3.8, 4) is 22.3 Å². The van der Waals surface area contributed by atoms with Gasteiger partial charge in [-0.2, -0.15) is 0 Å². The van der Waals surface area contributed by atoms with Crippen LogP contribution in [0, 0.1) is 0 Å². The molecule has 54 heavy (non-hydrogen) atoms. The smallest absolute Gasteiger partial charge is 0.0468 e. The van der Waals surface area contributed by atoms with Crippen LogP contribution in [0.4, 0.5) is 17.1 Å². The average molecular weight is 704 g/mol. The summed E-state index contributed by atoms with van der Waals surface area (Å²) >= 11 is 1.87. The quantitative estimate of drug-likeness (QED) is 0.161. The lowest BCUT2D eigenvalue weighted by Crippen LogP contribution is -2.09. The molecule has 11 aromatic rings. The van der Waals surface area contributed by atoms with Crippen LogP contribution in [0.5, 0.6) is 0 Å². The lowest BCUT2D eigenvalue weighted by Gasteiger charge is -2.26. The largest absolute Gasteiger partial charge is 0.310 e. The molecule has 0 unspecified atom stereocenters. The Kier molecular flexibility index (Phi) is 7.11. The molecule has 0 aliphatic carbocycles. The van der Waals surface area contributed by atoms with Crippen LogP contribution >= 0.6 is 11.3 Å². The Morgan fingerprint density at radius 3 is 1.33 bits per heavy atom. The van der Waals surface area contributed by atoms with Gasteiger partial charge in [-0.25, -0.2) is 0 Å². The molecule has 0 spiro atoms. The van der Waals surface area contributed by atoms with Crippen LogP contribution in [0.25, 0.3) is 85.5 Å². The highest BCUT2D eigenvalue weighted by atomic mass is 32.1. The van der Waals surface area contributed by atoms with E-state index >= 15 is 0 Å². The second kappa shape index (κ2) is 12.4. The molecule has 0 saturated heterocycles. The molecule has 11 rings (SSSR count).